The summed E-state index contributed by atoms with van der Waals surface area (Å²) in [5, 5.41) is 3.13. The van der Waals surface area contributed by atoms with Crippen molar-refractivity contribution in [2.75, 3.05) is 24.7 Å². The fraction of sp³-hybridized carbons (Fsp3) is 0.500. The summed E-state index contributed by atoms with van der Waals surface area (Å²) in [6.07, 6.45) is 3.11. The molecule has 1 unspecified atom stereocenters. The van der Waals surface area contributed by atoms with Crippen LogP contribution in [0.2, 0.25) is 0 Å². The first kappa shape index (κ1) is 14.0. The summed E-state index contributed by atoms with van der Waals surface area (Å²) in [4.78, 5) is 15.7. The van der Waals surface area contributed by atoms with E-state index in [-0.39, 0.29) is 22.7 Å². The van der Waals surface area contributed by atoms with Crippen LogP contribution in [0.3, 0.4) is 0 Å². The van der Waals surface area contributed by atoms with Gasteiger partial charge in [-0.3, -0.25) is 9.00 Å². The molecule has 3 N–H and O–H groups in total. The zero-order valence-corrected chi connectivity index (χ0v) is 11.3. The van der Waals surface area contributed by atoms with Crippen LogP contribution in [0, 0.1) is 0 Å². The highest BCUT2D eigenvalue weighted by atomic mass is 32.2. The number of amides is 1. The van der Waals surface area contributed by atoms with Gasteiger partial charge in [0.2, 0.25) is 5.91 Å². The van der Waals surface area contributed by atoms with Crippen LogP contribution in [0.4, 0.5) is 5.69 Å². The van der Waals surface area contributed by atoms with Crippen molar-refractivity contribution in [2.24, 2.45) is 0 Å². The largest absolute Gasteiger partial charge is 0.396 e. The van der Waals surface area contributed by atoms with Gasteiger partial charge in [-0.2, -0.15) is 0 Å². The van der Waals surface area contributed by atoms with Crippen molar-refractivity contribution < 1.29 is 13.7 Å². The molecule has 0 bridgehead atoms. The molecule has 2 rings (SSSR count). The second-order valence-corrected chi connectivity index (χ2v) is 5.71. The number of nitrogens with one attached hydrogen (secondary N) is 1. The lowest BCUT2D eigenvalue weighted by Gasteiger charge is -2.22. The number of hydrogen-bond donors (Lipinski definition) is 2. The zero-order chi connectivity index (χ0) is 13.7. The third-order valence-electron chi connectivity index (χ3n) is 2.86. The van der Waals surface area contributed by atoms with Crippen LogP contribution in [0.25, 0.3) is 0 Å². The predicted octanol–water partition coefficient (Wildman–Crippen LogP) is 0.0666. The molecule has 1 aromatic rings. The second-order valence-electron chi connectivity index (χ2n) is 4.34. The molecule has 1 aromatic heterocycles. The van der Waals surface area contributed by atoms with Crippen molar-refractivity contribution in [3.63, 3.8) is 0 Å². The molecule has 0 spiro atoms. The monoisotopic (exact) mass is 283 g/mol. The Bertz CT molecular complexity index is 475. The molecule has 1 fully saturated rings. The first-order chi connectivity index (χ1) is 9.16. The fourth-order valence-corrected chi connectivity index (χ4v) is 2.86. The first-order valence-electron chi connectivity index (χ1n) is 6.13. The lowest BCUT2D eigenvalue weighted by molar-refractivity contribution is -0.119. The van der Waals surface area contributed by atoms with E-state index >= 15 is 0 Å². The molecule has 1 amide bonds. The van der Waals surface area contributed by atoms with Gasteiger partial charge in [0, 0.05) is 25.5 Å². The molecule has 104 valence electrons. The van der Waals surface area contributed by atoms with Gasteiger partial charge in [0.15, 0.2) is 5.03 Å². The van der Waals surface area contributed by atoms with Crippen molar-refractivity contribution in [1.29, 1.82) is 0 Å². The summed E-state index contributed by atoms with van der Waals surface area (Å²) in [7, 11) is -1.51. The third-order valence-corrected chi connectivity index (χ3v) is 4.16. The summed E-state index contributed by atoms with van der Waals surface area (Å²) >= 11 is 0. The number of carbonyl (C=O) groups is 1. The predicted molar refractivity (Wildman–Crippen MR) is 71.9 cm³/mol. The van der Waals surface area contributed by atoms with Crippen LogP contribution in [0.5, 0.6) is 0 Å². The van der Waals surface area contributed by atoms with E-state index in [2.05, 4.69) is 10.3 Å². The van der Waals surface area contributed by atoms with Gasteiger partial charge in [-0.05, 0) is 25.0 Å². The number of aromatic nitrogens is 1. The SMILES string of the molecule is Nc1cccnc1S(=O)CC(=O)NC1CCOCC1. The topological polar surface area (TPSA) is 94.3 Å². The first-order valence-corrected chi connectivity index (χ1v) is 7.44. The van der Waals surface area contributed by atoms with Gasteiger partial charge in [0.1, 0.15) is 5.75 Å². The van der Waals surface area contributed by atoms with Crippen molar-refractivity contribution in [1.82, 2.24) is 10.3 Å². The van der Waals surface area contributed by atoms with Gasteiger partial charge >= 0.3 is 0 Å². The maximum Gasteiger partial charge on any atom is 0.233 e. The van der Waals surface area contributed by atoms with Crippen LogP contribution >= 0.6 is 0 Å². The molecule has 1 atom stereocenters. The number of nitrogens with two attached hydrogens (primary N) is 1. The number of hydrogen-bond acceptors (Lipinski definition) is 5. The molecule has 7 heteroatoms. The molecule has 1 saturated heterocycles. The van der Waals surface area contributed by atoms with Gasteiger partial charge in [-0.1, -0.05) is 0 Å². The summed E-state index contributed by atoms with van der Waals surface area (Å²) in [6.45, 7) is 1.31. The molecular formula is C12H17N3O3S. The molecule has 19 heavy (non-hydrogen) atoms. The standard InChI is InChI=1S/C12H17N3O3S/c13-10-2-1-5-14-12(10)19(17)8-11(16)15-9-3-6-18-7-4-9/h1-2,5,9H,3-4,6-8,13H2,(H,15,16). The molecule has 0 aliphatic carbocycles. The molecule has 2 heterocycles. The van der Waals surface area contributed by atoms with Crippen molar-refractivity contribution in [2.45, 2.75) is 23.9 Å². The second kappa shape index (κ2) is 6.63. The van der Waals surface area contributed by atoms with Gasteiger partial charge < -0.3 is 15.8 Å². The molecule has 1 aliphatic rings. The van der Waals surface area contributed by atoms with E-state index in [0.29, 0.717) is 18.9 Å². The fourth-order valence-electron chi connectivity index (χ4n) is 1.89. The van der Waals surface area contributed by atoms with Crippen molar-refractivity contribution in [3.8, 4) is 0 Å². The van der Waals surface area contributed by atoms with E-state index in [4.69, 9.17) is 10.5 Å². The van der Waals surface area contributed by atoms with E-state index in [1.54, 1.807) is 12.1 Å². The van der Waals surface area contributed by atoms with Crippen LogP contribution in [-0.2, 0) is 20.3 Å². The molecule has 6 nitrogen and oxygen atoms in total. The van der Waals surface area contributed by atoms with E-state index in [9.17, 15) is 9.00 Å². The van der Waals surface area contributed by atoms with E-state index < -0.39 is 10.8 Å². The van der Waals surface area contributed by atoms with Crippen LogP contribution < -0.4 is 11.1 Å². The van der Waals surface area contributed by atoms with Gasteiger partial charge in [0.05, 0.1) is 16.5 Å². The Hall–Kier alpha value is -1.47. The van der Waals surface area contributed by atoms with Crippen molar-refractivity contribution in [3.05, 3.63) is 18.3 Å². The number of nitrogen functional groups attached to an aromatic ring is 1. The minimum Gasteiger partial charge on any atom is -0.396 e. The quantitative estimate of drug-likeness (QED) is 0.815. The average Bonchev–Trinajstić information content (AvgIpc) is 2.40. The van der Waals surface area contributed by atoms with Crippen LogP contribution in [0.1, 0.15) is 12.8 Å². The lowest BCUT2D eigenvalue weighted by Crippen LogP contribution is -2.41. The third kappa shape index (κ3) is 4.00. The Morgan fingerprint density at radius 3 is 2.95 bits per heavy atom. The number of nitrogens with zero attached hydrogens (tertiary/aromatic N) is 1. The van der Waals surface area contributed by atoms with Crippen molar-refractivity contribution >= 4 is 22.4 Å². The van der Waals surface area contributed by atoms with E-state index in [1.165, 1.54) is 6.20 Å². The Labute approximate surface area is 114 Å². The number of pyridine rings is 1. The normalized spacial score (nSPS) is 17.9. The number of anilines is 1. The highest BCUT2D eigenvalue weighted by molar-refractivity contribution is 7.85. The number of carbonyl (C=O) groups excluding carboxylic acids is 1. The lowest BCUT2D eigenvalue weighted by atomic mass is 10.1. The average molecular weight is 283 g/mol. The Morgan fingerprint density at radius 1 is 1.53 bits per heavy atom. The Kier molecular flexibility index (Phi) is 4.86. The van der Waals surface area contributed by atoms with Gasteiger partial charge in [-0.15, -0.1) is 0 Å². The minimum absolute atomic E-state index is 0.110. The smallest absolute Gasteiger partial charge is 0.233 e. The molecule has 0 saturated carbocycles. The zero-order valence-electron chi connectivity index (χ0n) is 10.5. The van der Waals surface area contributed by atoms with Gasteiger partial charge in [0.25, 0.3) is 0 Å². The summed E-state index contributed by atoms with van der Waals surface area (Å²) in [5.41, 5.74) is 6.02. The number of ether oxygens (including phenoxy) is 1. The van der Waals surface area contributed by atoms with Gasteiger partial charge in [-0.25, -0.2) is 4.98 Å². The molecular weight excluding hydrogens is 266 g/mol. The van der Waals surface area contributed by atoms with E-state index in [1.807, 2.05) is 0 Å². The maximum atomic E-state index is 12.0. The summed E-state index contributed by atoms with van der Waals surface area (Å²) in [5.74, 6) is -0.353. The molecule has 0 aromatic carbocycles. The Morgan fingerprint density at radius 2 is 2.26 bits per heavy atom. The maximum absolute atomic E-state index is 12.0. The van der Waals surface area contributed by atoms with Crippen LogP contribution in [0.15, 0.2) is 23.4 Å². The highest BCUT2D eigenvalue weighted by Gasteiger charge is 2.19. The summed E-state index contributed by atoms with van der Waals surface area (Å²) < 4.78 is 17.2. The summed E-state index contributed by atoms with van der Waals surface area (Å²) in [6, 6.07) is 3.40. The minimum atomic E-state index is -1.51. The molecule has 0 radical (unpaired) electrons. The van der Waals surface area contributed by atoms with Crippen LogP contribution in [-0.4, -0.2) is 40.1 Å². The molecule has 1 aliphatic heterocycles. The highest BCUT2D eigenvalue weighted by Crippen LogP contribution is 2.12. The van der Waals surface area contributed by atoms with E-state index in [0.717, 1.165) is 12.8 Å². The Balaban J connectivity index is 1.88. The number of rotatable bonds is 4.